The van der Waals surface area contributed by atoms with Gasteiger partial charge >= 0.3 is 0 Å². The lowest BCUT2D eigenvalue weighted by Gasteiger charge is -2.20. The first-order valence-electron chi connectivity index (χ1n) is 6.82. The summed E-state index contributed by atoms with van der Waals surface area (Å²) in [5, 5.41) is 12.6. The second-order valence-corrected chi connectivity index (χ2v) is 6.27. The fraction of sp³-hybridized carbons (Fsp3) is 0.294. The number of aromatic nitrogens is 2. The van der Waals surface area contributed by atoms with E-state index in [0.717, 1.165) is 26.9 Å². The van der Waals surface area contributed by atoms with E-state index in [9.17, 15) is 5.21 Å². The van der Waals surface area contributed by atoms with Crippen LogP contribution in [0, 0.1) is 12.1 Å². The van der Waals surface area contributed by atoms with Crippen LogP contribution in [0.4, 0.5) is 0 Å². The molecule has 0 aliphatic carbocycles. The summed E-state index contributed by atoms with van der Waals surface area (Å²) in [6.45, 7) is 8.41. The molecule has 3 heteroatoms. The Balaban J connectivity index is 2.54. The van der Waals surface area contributed by atoms with Crippen molar-refractivity contribution in [1.29, 1.82) is 0 Å². The van der Waals surface area contributed by atoms with E-state index in [1.807, 2.05) is 37.3 Å². The van der Waals surface area contributed by atoms with Gasteiger partial charge in [0.25, 0.3) is 0 Å². The van der Waals surface area contributed by atoms with Crippen LogP contribution in [0.2, 0.25) is 0 Å². The van der Waals surface area contributed by atoms with Gasteiger partial charge in [-0.15, -0.1) is 0 Å². The molecule has 0 spiro atoms. The highest BCUT2D eigenvalue weighted by Crippen LogP contribution is 2.29. The van der Waals surface area contributed by atoms with Crippen molar-refractivity contribution in [2.75, 3.05) is 0 Å². The second-order valence-electron chi connectivity index (χ2n) is 6.27. The molecule has 0 unspecified atom stereocenters. The minimum atomic E-state index is -0.0458. The number of rotatable bonds is 0. The summed E-state index contributed by atoms with van der Waals surface area (Å²) in [5.41, 5.74) is 4.93. The molecule has 3 aromatic rings. The summed E-state index contributed by atoms with van der Waals surface area (Å²) in [5.74, 6) is 0. The highest BCUT2D eigenvalue weighted by Gasteiger charge is 2.22. The number of hydrogen-bond donors (Lipinski definition) is 0. The summed E-state index contributed by atoms with van der Waals surface area (Å²) < 4.78 is 1.000. The Labute approximate surface area is 118 Å². The molecule has 20 heavy (non-hydrogen) atoms. The first kappa shape index (κ1) is 12.9. The van der Waals surface area contributed by atoms with Crippen molar-refractivity contribution in [1.82, 2.24) is 4.98 Å². The first-order valence-corrected chi connectivity index (χ1v) is 6.82. The minimum Gasteiger partial charge on any atom is -0.618 e. The van der Waals surface area contributed by atoms with Crippen LogP contribution in [-0.4, -0.2) is 4.98 Å². The van der Waals surface area contributed by atoms with Crippen LogP contribution in [0.25, 0.3) is 22.1 Å². The lowest BCUT2D eigenvalue weighted by Crippen LogP contribution is -2.30. The van der Waals surface area contributed by atoms with Gasteiger partial charge in [0.15, 0.2) is 0 Å². The predicted molar refractivity (Wildman–Crippen MR) is 81.6 cm³/mol. The van der Waals surface area contributed by atoms with Crippen LogP contribution in [-0.2, 0) is 5.41 Å². The molecule has 0 amide bonds. The third-order valence-corrected chi connectivity index (χ3v) is 3.70. The summed E-state index contributed by atoms with van der Waals surface area (Å²) in [6.07, 6.45) is 0. The van der Waals surface area contributed by atoms with Crippen LogP contribution in [0.1, 0.15) is 31.9 Å². The molecule has 0 aliphatic heterocycles. The Bertz CT molecular complexity index is 816. The highest BCUT2D eigenvalue weighted by atomic mass is 16.5. The highest BCUT2D eigenvalue weighted by molar-refractivity contribution is 5.85. The van der Waals surface area contributed by atoms with Crippen molar-refractivity contribution >= 4 is 22.1 Å². The first-order chi connectivity index (χ1) is 9.39. The Hall–Kier alpha value is -2.16. The van der Waals surface area contributed by atoms with Gasteiger partial charge in [0.05, 0.1) is 0 Å². The number of nitrogens with zero attached hydrogens (tertiary/aromatic N) is 2. The molecule has 0 atom stereocenters. The van der Waals surface area contributed by atoms with Gasteiger partial charge < -0.3 is 5.21 Å². The molecule has 0 aliphatic rings. The average Bonchev–Trinajstić information content (AvgIpc) is 2.39. The maximum atomic E-state index is 12.6. The van der Waals surface area contributed by atoms with Crippen molar-refractivity contribution in [2.45, 2.75) is 33.1 Å². The molecule has 0 N–H and O–H groups in total. The minimum absolute atomic E-state index is 0.0458. The molecular weight excluding hydrogens is 248 g/mol. The van der Waals surface area contributed by atoms with Crippen LogP contribution >= 0.6 is 0 Å². The number of benzene rings is 2. The Morgan fingerprint density at radius 3 is 2.20 bits per heavy atom. The summed E-state index contributed by atoms with van der Waals surface area (Å²) in [6, 6.07) is 11.5. The third-order valence-electron chi connectivity index (χ3n) is 3.70. The van der Waals surface area contributed by atoms with Crippen molar-refractivity contribution in [3.05, 3.63) is 52.7 Å². The van der Waals surface area contributed by atoms with Gasteiger partial charge in [-0.05, 0) is 23.5 Å². The topological polar surface area (TPSA) is 39.8 Å². The fourth-order valence-corrected chi connectivity index (χ4v) is 2.61. The van der Waals surface area contributed by atoms with E-state index in [1.165, 1.54) is 0 Å². The fourth-order valence-electron chi connectivity index (χ4n) is 2.61. The summed E-state index contributed by atoms with van der Waals surface area (Å²) >= 11 is 0. The van der Waals surface area contributed by atoms with Gasteiger partial charge in [-0.2, -0.15) is 4.73 Å². The van der Waals surface area contributed by atoms with Crippen LogP contribution < -0.4 is 4.73 Å². The Kier molecular flexibility index (Phi) is 2.68. The predicted octanol–water partition coefficient (Wildman–Crippen LogP) is 3.63. The summed E-state index contributed by atoms with van der Waals surface area (Å²) in [7, 11) is 0. The van der Waals surface area contributed by atoms with Gasteiger partial charge in [0.1, 0.15) is 11.0 Å². The smallest absolute Gasteiger partial charge is 0.243 e. The van der Waals surface area contributed by atoms with Gasteiger partial charge in [-0.25, -0.2) is 4.98 Å². The van der Waals surface area contributed by atoms with Gasteiger partial charge in [-0.1, -0.05) is 45.0 Å². The molecule has 3 rings (SSSR count). The van der Waals surface area contributed by atoms with Crippen LogP contribution in [0.3, 0.4) is 0 Å². The number of aryl methyl sites for hydroxylation is 1. The Morgan fingerprint density at radius 1 is 0.950 bits per heavy atom. The molecule has 3 nitrogen and oxygen atoms in total. The van der Waals surface area contributed by atoms with E-state index in [0.29, 0.717) is 11.0 Å². The molecule has 0 fully saturated rings. The van der Waals surface area contributed by atoms with E-state index in [-0.39, 0.29) is 5.41 Å². The zero-order valence-corrected chi connectivity index (χ0v) is 12.3. The molecule has 2 aromatic carbocycles. The van der Waals surface area contributed by atoms with E-state index < -0.39 is 0 Å². The molecule has 0 radical (unpaired) electrons. The van der Waals surface area contributed by atoms with E-state index in [1.54, 1.807) is 0 Å². The van der Waals surface area contributed by atoms with Crippen LogP contribution in [0.15, 0.2) is 36.4 Å². The Morgan fingerprint density at radius 2 is 1.55 bits per heavy atom. The molecule has 1 heterocycles. The lowest BCUT2D eigenvalue weighted by atomic mass is 9.86. The number of para-hydroxylation sites is 2. The van der Waals surface area contributed by atoms with E-state index in [4.69, 9.17) is 4.98 Å². The molecule has 102 valence electrons. The summed E-state index contributed by atoms with van der Waals surface area (Å²) in [4.78, 5) is 4.78. The average molecular weight is 266 g/mol. The van der Waals surface area contributed by atoms with Crippen molar-refractivity contribution < 1.29 is 4.73 Å². The van der Waals surface area contributed by atoms with E-state index >= 15 is 0 Å². The zero-order chi connectivity index (χ0) is 14.5. The van der Waals surface area contributed by atoms with Crippen LogP contribution in [0.5, 0.6) is 0 Å². The molecule has 0 saturated carbocycles. The molecular formula is C17H18N2O. The van der Waals surface area contributed by atoms with E-state index in [2.05, 4.69) is 26.8 Å². The normalized spacial score (nSPS) is 12.2. The third kappa shape index (κ3) is 1.82. The maximum Gasteiger partial charge on any atom is 0.243 e. The maximum absolute atomic E-state index is 12.6. The largest absolute Gasteiger partial charge is 0.618 e. The quantitative estimate of drug-likeness (QED) is 0.354. The van der Waals surface area contributed by atoms with Crippen molar-refractivity contribution in [3.8, 4) is 0 Å². The van der Waals surface area contributed by atoms with Gasteiger partial charge in [0, 0.05) is 12.1 Å². The second kappa shape index (κ2) is 4.17. The van der Waals surface area contributed by atoms with Gasteiger partial charge in [0.2, 0.25) is 11.0 Å². The zero-order valence-electron chi connectivity index (χ0n) is 12.3. The number of fused-ring (bicyclic) bond motifs is 2. The van der Waals surface area contributed by atoms with Crippen molar-refractivity contribution in [2.24, 2.45) is 0 Å². The molecule has 1 aromatic heterocycles. The lowest BCUT2D eigenvalue weighted by molar-refractivity contribution is -0.548. The SMILES string of the molecule is Cc1cccc2c1nc1c(C(C)(C)C)cccc1[n+]2[O-]. The molecule has 0 bridgehead atoms. The van der Waals surface area contributed by atoms with Crippen molar-refractivity contribution in [3.63, 3.8) is 0 Å². The monoisotopic (exact) mass is 266 g/mol. The molecule has 0 saturated heterocycles. The van der Waals surface area contributed by atoms with Gasteiger partial charge in [-0.3, -0.25) is 0 Å². The number of hydrogen-bond acceptors (Lipinski definition) is 2. The standard InChI is InChI=1S/C17H18N2O/c1-11-7-5-9-13-15(11)18-16-12(17(2,3)4)8-6-10-14(16)19(13)20/h5-10H,1-4H3.